The Morgan fingerprint density at radius 2 is 2.16 bits per heavy atom. The van der Waals surface area contributed by atoms with E-state index in [4.69, 9.17) is 4.74 Å². The molecule has 0 fully saturated rings. The van der Waals surface area contributed by atoms with Gasteiger partial charge in [-0.05, 0) is 72.3 Å². The third-order valence-corrected chi connectivity index (χ3v) is 4.35. The summed E-state index contributed by atoms with van der Waals surface area (Å²) in [6, 6.07) is 4.48. The monoisotopic (exact) mass is 280 g/mol. The highest BCUT2D eigenvalue weighted by Gasteiger charge is 2.16. The summed E-state index contributed by atoms with van der Waals surface area (Å²) < 4.78 is 5.42. The molecule has 0 spiro atoms. The molecule has 1 aromatic rings. The normalized spacial score (nSPS) is 16.8. The zero-order valence-electron chi connectivity index (χ0n) is 11.9. The maximum atomic E-state index is 5.42. The van der Waals surface area contributed by atoms with Crippen molar-refractivity contribution in [2.45, 2.75) is 31.7 Å². The smallest absolute Gasteiger partial charge is 0.256 e. The lowest BCUT2D eigenvalue weighted by Crippen LogP contribution is -2.82. The molecule has 1 aliphatic rings. The molecule has 0 amide bonds. The van der Waals surface area contributed by atoms with Crippen molar-refractivity contribution < 1.29 is 16.2 Å². The Bertz CT molecular complexity index is 483. The number of quaternary nitrogens is 2. The Kier molecular flexibility index (Phi) is 4.91. The molecular weight excluding hydrogens is 256 g/mol. The summed E-state index contributed by atoms with van der Waals surface area (Å²) >= 11 is 1.79. The topological polar surface area (TPSA) is 64.5 Å². The van der Waals surface area contributed by atoms with Crippen LogP contribution < -0.4 is 16.2 Å². The minimum atomic E-state index is 0.206. The molecule has 0 unspecified atom stereocenters. The highest BCUT2D eigenvalue weighted by Crippen LogP contribution is 2.35. The first kappa shape index (κ1) is 14.4. The maximum Gasteiger partial charge on any atom is 0.256 e. The van der Waals surface area contributed by atoms with E-state index in [0.29, 0.717) is 0 Å². The van der Waals surface area contributed by atoms with Gasteiger partial charge in [-0.25, -0.2) is 0 Å². The van der Waals surface area contributed by atoms with Crippen LogP contribution in [-0.2, 0) is 6.42 Å². The number of allylic oxidation sites excluding steroid dienone is 1. The lowest BCUT2D eigenvalue weighted by molar-refractivity contribution is -0.619. The van der Waals surface area contributed by atoms with Crippen LogP contribution in [0.15, 0.2) is 18.2 Å². The second-order valence-corrected chi connectivity index (χ2v) is 6.35. The van der Waals surface area contributed by atoms with Crippen molar-refractivity contribution in [3.05, 3.63) is 34.9 Å². The van der Waals surface area contributed by atoms with Crippen LogP contribution in [0.3, 0.4) is 0 Å². The van der Waals surface area contributed by atoms with E-state index in [-0.39, 0.29) is 5.50 Å². The molecule has 0 aromatic heterocycles. The summed E-state index contributed by atoms with van der Waals surface area (Å²) in [5.41, 5.74) is 13.5. The number of fused-ring (bicyclic) bond motifs is 1. The molecule has 4 heteroatoms. The SMILES string of the molecule is COc1cc2c(cc1C)C(=CCSC([NH3+])[NH3+])CCC2. The van der Waals surface area contributed by atoms with Crippen LogP contribution in [0.2, 0.25) is 0 Å². The van der Waals surface area contributed by atoms with Gasteiger partial charge < -0.3 is 4.74 Å². The molecule has 6 N–H and O–H groups in total. The Balaban J connectivity index is 2.26. The minimum Gasteiger partial charge on any atom is -0.496 e. The number of methoxy groups -OCH3 is 1. The molecular formula is C15H24N2OS+2. The number of benzene rings is 1. The van der Waals surface area contributed by atoms with Gasteiger partial charge in [-0.2, -0.15) is 0 Å². The fourth-order valence-corrected chi connectivity index (χ4v) is 3.13. The average molecular weight is 280 g/mol. The van der Waals surface area contributed by atoms with Crippen LogP contribution in [0.25, 0.3) is 5.57 Å². The van der Waals surface area contributed by atoms with E-state index < -0.39 is 0 Å². The maximum absolute atomic E-state index is 5.42. The van der Waals surface area contributed by atoms with Gasteiger partial charge >= 0.3 is 0 Å². The number of hydrogen-bond donors (Lipinski definition) is 2. The third kappa shape index (κ3) is 3.53. The second kappa shape index (κ2) is 6.46. The van der Waals surface area contributed by atoms with Gasteiger partial charge in [-0.15, -0.1) is 0 Å². The Hall–Kier alpha value is -0.970. The van der Waals surface area contributed by atoms with Gasteiger partial charge in [-0.1, -0.05) is 6.08 Å². The quantitative estimate of drug-likeness (QED) is 0.815. The molecule has 104 valence electrons. The molecule has 0 saturated carbocycles. The number of ether oxygens (including phenoxy) is 1. The first-order valence-corrected chi connectivity index (χ1v) is 7.81. The molecule has 19 heavy (non-hydrogen) atoms. The van der Waals surface area contributed by atoms with Gasteiger partial charge in [0.1, 0.15) is 5.75 Å². The standard InChI is InChI=1S/C15H22N2OS/c1-10-8-13-11(6-7-19-15(16)17)4-3-5-12(13)9-14(10)18-2/h6,8-9,15H,3-5,7,16-17H2,1-2H3/p+2. The lowest BCUT2D eigenvalue weighted by atomic mass is 9.86. The molecule has 2 rings (SSSR count). The Morgan fingerprint density at radius 1 is 1.37 bits per heavy atom. The van der Waals surface area contributed by atoms with Gasteiger partial charge in [0.05, 0.1) is 7.11 Å². The zero-order valence-corrected chi connectivity index (χ0v) is 12.7. The second-order valence-electron chi connectivity index (χ2n) is 5.02. The fraction of sp³-hybridized carbons (Fsp3) is 0.467. The zero-order chi connectivity index (χ0) is 13.8. The van der Waals surface area contributed by atoms with Crippen molar-refractivity contribution in [2.24, 2.45) is 0 Å². The van der Waals surface area contributed by atoms with Crippen LogP contribution in [-0.4, -0.2) is 18.4 Å². The predicted octanol–water partition coefficient (Wildman–Crippen LogP) is 1.22. The Morgan fingerprint density at radius 3 is 2.84 bits per heavy atom. The number of hydrogen-bond acceptors (Lipinski definition) is 2. The summed E-state index contributed by atoms with van der Waals surface area (Å²) in [5.74, 6) is 2.00. The predicted molar refractivity (Wildman–Crippen MR) is 80.7 cm³/mol. The van der Waals surface area contributed by atoms with Crippen molar-refractivity contribution in [2.75, 3.05) is 12.9 Å². The molecule has 0 heterocycles. The first-order chi connectivity index (χ1) is 9.11. The van der Waals surface area contributed by atoms with Crippen molar-refractivity contribution in [1.82, 2.24) is 0 Å². The van der Waals surface area contributed by atoms with Crippen molar-refractivity contribution in [3.8, 4) is 5.75 Å². The third-order valence-electron chi connectivity index (χ3n) is 3.52. The van der Waals surface area contributed by atoms with Gasteiger partial charge in [-0.3, -0.25) is 11.5 Å². The highest BCUT2D eigenvalue weighted by molar-refractivity contribution is 7.99. The van der Waals surface area contributed by atoms with Gasteiger partial charge in [0.25, 0.3) is 5.50 Å². The van der Waals surface area contributed by atoms with Gasteiger partial charge in [0.15, 0.2) is 0 Å². The largest absolute Gasteiger partial charge is 0.496 e. The molecule has 0 atom stereocenters. The molecule has 0 aliphatic heterocycles. The van der Waals surface area contributed by atoms with Crippen LogP contribution >= 0.6 is 11.8 Å². The van der Waals surface area contributed by atoms with Crippen LogP contribution in [0.1, 0.15) is 29.5 Å². The highest BCUT2D eigenvalue weighted by atomic mass is 32.2. The number of aryl methyl sites for hydroxylation is 2. The van der Waals surface area contributed by atoms with E-state index in [1.165, 1.54) is 35.1 Å². The first-order valence-electron chi connectivity index (χ1n) is 6.76. The van der Waals surface area contributed by atoms with Crippen molar-refractivity contribution in [3.63, 3.8) is 0 Å². The van der Waals surface area contributed by atoms with Gasteiger partial charge in [0.2, 0.25) is 0 Å². The van der Waals surface area contributed by atoms with E-state index in [9.17, 15) is 0 Å². The van der Waals surface area contributed by atoms with Gasteiger partial charge in [0, 0.05) is 5.75 Å². The van der Waals surface area contributed by atoms with E-state index >= 15 is 0 Å². The van der Waals surface area contributed by atoms with E-state index in [1.807, 2.05) is 0 Å². The van der Waals surface area contributed by atoms with E-state index in [2.05, 4.69) is 36.6 Å². The number of thioether (sulfide) groups is 1. The summed E-state index contributed by atoms with van der Waals surface area (Å²) in [5, 5.41) is 0. The molecule has 0 saturated heterocycles. The molecule has 0 radical (unpaired) electrons. The van der Waals surface area contributed by atoms with Crippen LogP contribution in [0.5, 0.6) is 5.75 Å². The number of rotatable bonds is 4. The van der Waals surface area contributed by atoms with Crippen molar-refractivity contribution in [1.29, 1.82) is 0 Å². The summed E-state index contributed by atoms with van der Waals surface area (Å²) in [7, 11) is 1.74. The van der Waals surface area contributed by atoms with E-state index in [1.54, 1.807) is 18.9 Å². The van der Waals surface area contributed by atoms with Crippen LogP contribution in [0.4, 0.5) is 0 Å². The fourth-order valence-electron chi connectivity index (χ4n) is 2.56. The molecule has 0 bridgehead atoms. The Labute approximate surface area is 119 Å². The molecule has 1 aliphatic carbocycles. The summed E-state index contributed by atoms with van der Waals surface area (Å²) in [6.45, 7) is 2.11. The van der Waals surface area contributed by atoms with E-state index in [0.717, 1.165) is 17.9 Å². The molecule has 1 aromatic carbocycles. The minimum absolute atomic E-state index is 0.206. The average Bonchev–Trinajstić information content (AvgIpc) is 2.38. The summed E-state index contributed by atoms with van der Waals surface area (Å²) in [6.07, 6.45) is 5.91. The summed E-state index contributed by atoms with van der Waals surface area (Å²) in [4.78, 5) is 0. The van der Waals surface area contributed by atoms with Crippen molar-refractivity contribution >= 4 is 17.3 Å². The van der Waals surface area contributed by atoms with Crippen LogP contribution in [0, 0.1) is 6.92 Å². The molecule has 3 nitrogen and oxygen atoms in total. The lowest BCUT2D eigenvalue weighted by Gasteiger charge is -2.21.